The fourth-order valence-corrected chi connectivity index (χ4v) is 2.32. The average Bonchev–Trinajstić information content (AvgIpc) is 2.41. The smallest absolute Gasteiger partial charge is 0.307 e. The first-order valence-corrected chi connectivity index (χ1v) is 6.73. The second kappa shape index (κ2) is 6.35. The van der Waals surface area contributed by atoms with Crippen molar-refractivity contribution in [2.24, 2.45) is 0 Å². The number of ether oxygens (including phenoxy) is 1. The third-order valence-electron chi connectivity index (χ3n) is 2.50. The van der Waals surface area contributed by atoms with E-state index < -0.39 is 5.97 Å². The van der Waals surface area contributed by atoms with E-state index in [0.717, 1.165) is 0 Å². The summed E-state index contributed by atoms with van der Waals surface area (Å²) in [6, 6.07) is 10.3. The molecule has 0 aliphatic carbocycles. The monoisotopic (exact) mass is 330 g/mol. The number of rotatable bonds is 4. The van der Waals surface area contributed by atoms with Gasteiger partial charge in [0.25, 0.3) is 0 Å². The Labute approximate surface area is 130 Å². The summed E-state index contributed by atoms with van der Waals surface area (Å²) in [5.41, 5.74) is 0.362. The number of aliphatic carboxylic acids is 1. The third-order valence-corrected chi connectivity index (χ3v) is 3.74. The summed E-state index contributed by atoms with van der Waals surface area (Å²) in [7, 11) is 0. The number of halogens is 3. The van der Waals surface area contributed by atoms with Crippen LogP contribution < -0.4 is 4.74 Å². The van der Waals surface area contributed by atoms with Gasteiger partial charge < -0.3 is 9.84 Å². The first-order chi connectivity index (χ1) is 9.49. The fraction of sp³-hybridized carbons (Fsp3) is 0.0714. The standard InChI is InChI=1S/C14H9Cl3O3/c15-10-6-8(7-11(18)19)14(13(17)12(10)16)20-9-4-2-1-3-5-9/h1-6H,7H2,(H,18,19). The summed E-state index contributed by atoms with van der Waals surface area (Å²) in [6.45, 7) is 0. The van der Waals surface area contributed by atoms with Crippen LogP contribution >= 0.6 is 34.8 Å². The Hall–Kier alpha value is -1.42. The molecule has 0 amide bonds. The normalized spacial score (nSPS) is 10.3. The van der Waals surface area contributed by atoms with E-state index in [1.807, 2.05) is 6.07 Å². The number of hydrogen-bond acceptors (Lipinski definition) is 2. The second-order valence-corrected chi connectivity index (χ2v) is 5.12. The summed E-state index contributed by atoms with van der Waals surface area (Å²) in [5.74, 6) is -0.286. The van der Waals surface area contributed by atoms with Gasteiger partial charge in [-0.3, -0.25) is 4.79 Å². The van der Waals surface area contributed by atoms with Gasteiger partial charge in [0.2, 0.25) is 0 Å². The second-order valence-electron chi connectivity index (χ2n) is 3.96. The zero-order valence-electron chi connectivity index (χ0n) is 10.1. The molecule has 0 saturated carbocycles. The van der Waals surface area contributed by atoms with Crippen molar-refractivity contribution >= 4 is 40.8 Å². The molecule has 0 spiro atoms. The van der Waals surface area contributed by atoms with E-state index in [0.29, 0.717) is 11.3 Å². The van der Waals surface area contributed by atoms with Crippen LogP contribution in [0.3, 0.4) is 0 Å². The zero-order chi connectivity index (χ0) is 14.7. The van der Waals surface area contributed by atoms with E-state index in [9.17, 15) is 4.79 Å². The van der Waals surface area contributed by atoms with E-state index in [4.69, 9.17) is 44.6 Å². The Morgan fingerprint density at radius 1 is 1.10 bits per heavy atom. The molecule has 0 unspecified atom stereocenters. The summed E-state index contributed by atoms with van der Waals surface area (Å²) in [5, 5.41) is 9.35. The molecule has 2 aromatic carbocycles. The van der Waals surface area contributed by atoms with Gasteiger partial charge in [-0.1, -0.05) is 53.0 Å². The van der Waals surface area contributed by atoms with E-state index in [2.05, 4.69) is 0 Å². The molecule has 20 heavy (non-hydrogen) atoms. The fourth-order valence-electron chi connectivity index (χ4n) is 1.64. The van der Waals surface area contributed by atoms with Gasteiger partial charge in [0.05, 0.1) is 16.5 Å². The minimum Gasteiger partial charge on any atom is -0.481 e. The van der Waals surface area contributed by atoms with Crippen molar-refractivity contribution in [3.63, 3.8) is 0 Å². The minimum atomic E-state index is -1.02. The lowest BCUT2D eigenvalue weighted by atomic mass is 10.1. The zero-order valence-corrected chi connectivity index (χ0v) is 12.3. The van der Waals surface area contributed by atoms with Crippen LogP contribution in [0, 0.1) is 0 Å². The molecule has 1 N–H and O–H groups in total. The van der Waals surface area contributed by atoms with Crippen molar-refractivity contribution in [2.75, 3.05) is 0 Å². The van der Waals surface area contributed by atoms with Gasteiger partial charge in [0.15, 0.2) is 5.75 Å². The van der Waals surface area contributed by atoms with Crippen LogP contribution in [0.4, 0.5) is 0 Å². The molecule has 0 aromatic heterocycles. The molecule has 0 radical (unpaired) electrons. The van der Waals surface area contributed by atoms with E-state index >= 15 is 0 Å². The van der Waals surface area contributed by atoms with Gasteiger partial charge in [-0.15, -0.1) is 0 Å². The van der Waals surface area contributed by atoms with Crippen LogP contribution in [0.15, 0.2) is 36.4 Å². The molecule has 2 rings (SSSR count). The Morgan fingerprint density at radius 3 is 2.35 bits per heavy atom. The molecule has 0 fully saturated rings. The molecular weight excluding hydrogens is 323 g/mol. The van der Waals surface area contributed by atoms with Crippen molar-refractivity contribution in [3.8, 4) is 11.5 Å². The van der Waals surface area contributed by atoms with Gasteiger partial charge in [-0.25, -0.2) is 0 Å². The van der Waals surface area contributed by atoms with Crippen LogP contribution in [0.5, 0.6) is 11.5 Å². The summed E-state index contributed by atoms with van der Waals surface area (Å²) < 4.78 is 5.64. The highest BCUT2D eigenvalue weighted by atomic mass is 35.5. The average molecular weight is 332 g/mol. The highest BCUT2D eigenvalue weighted by molar-refractivity contribution is 6.48. The van der Waals surface area contributed by atoms with Crippen molar-refractivity contribution in [1.29, 1.82) is 0 Å². The largest absolute Gasteiger partial charge is 0.481 e. The Morgan fingerprint density at radius 2 is 1.75 bits per heavy atom. The molecule has 6 heteroatoms. The Kier molecular flexibility index (Phi) is 4.76. The number of benzene rings is 2. The molecule has 104 valence electrons. The summed E-state index contributed by atoms with van der Waals surface area (Å²) in [6.07, 6.45) is -0.265. The molecule has 0 aliphatic heterocycles. The molecule has 3 nitrogen and oxygen atoms in total. The van der Waals surface area contributed by atoms with E-state index in [1.54, 1.807) is 24.3 Å². The van der Waals surface area contributed by atoms with Crippen LogP contribution in [0.2, 0.25) is 15.1 Å². The van der Waals surface area contributed by atoms with Crippen molar-refractivity contribution in [3.05, 3.63) is 57.0 Å². The Bertz CT molecular complexity index is 642. The van der Waals surface area contributed by atoms with Crippen LogP contribution in [-0.2, 0) is 11.2 Å². The SMILES string of the molecule is O=C(O)Cc1cc(Cl)c(Cl)c(Cl)c1Oc1ccccc1. The van der Waals surface area contributed by atoms with Gasteiger partial charge in [-0.2, -0.15) is 0 Å². The van der Waals surface area contributed by atoms with Crippen molar-refractivity contribution in [1.82, 2.24) is 0 Å². The highest BCUT2D eigenvalue weighted by Crippen LogP contribution is 2.42. The molecule has 0 bridgehead atoms. The van der Waals surface area contributed by atoms with Crippen LogP contribution in [0.1, 0.15) is 5.56 Å². The van der Waals surface area contributed by atoms with Crippen LogP contribution in [0.25, 0.3) is 0 Å². The lowest BCUT2D eigenvalue weighted by Crippen LogP contribution is -2.03. The maximum atomic E-state index is 10.9. The number of para-hydroxylation sites is 1. The highest BCUT2D eigenvalue weighted by Gasteiger charge is 2.18. The number of carboxylic acid groups (broad SMARTS) is 1. The topological polar surface area (TPSA) is 46.5 Å². The molecule has 0 aliphatic rings. The summed E-state index contributed by atoms with van der Waals surface area (Å²) >= 11 is 18.0. The van der Waals surface area contributed by atoms with Gasteiger partial charge >= 0.3 is 5.97 Å². The molecule has 0 heterocycles. The van der Waals surface area contributed by atoms with Crippen molar-refractivity contribution in [2.45, 2.75) is 6.42 Å². The number of hydrogen-bond donors (Lipinski definition) is 1. The predicted octanol–water partition coefficient (Wildman–Crippen LogP) is 5.07. The minimum absolute atomic E-state index is 0.0965. The number of carboxylic acids is 1. The van der Waals surface area contributed by atoms with Crippen molar-refractivity contribution < 1.29 is 14.6 Å². The molecular formula is C14H9Cl3O3. The predicted molar refractivity (Wildman–Crippen MR) is 79.3 cm³/mol. The first kappa shape index (κ1) is 15.0. The van der Waals surface area contributed by atoms with E-state index in [1.165, 1.54) is 6.07 Å². The molecule has 2 aromatic rings. The lowest BCUT2D eigenvalue weighted by molar-refractivity contribution is -0.136. The maximum absolute atomic E-state index is 10.9. The third kappa shape index (κ3) is 3.37. The van der Waals surface area contributed by atoms with Gasteiger partial charge in [-0.05, 0) is 18.2 Å². The maximum Gasteiger partial charge on any atom is 0.307 e. The van der Waals surface area contributed by atoms with Gasteiger partial charge in [0.1, 0.15) is 10.8 Å². The lowest BCUT2D eigenvalue weighted by Gasteiger charge is -2.14. The summed E-state index contributed by atoms with van der Waals surface area (Å²) in [4.78, 5) is 10.9. The molecule has 0 atom stereocenters. The molecule has 0 saturated heterocycles. The quantitative estimate of drug-likeness (QED) is 0.796. The number of carbonyl (C=O) groups is 1. The van der Waals surface area contributed by atoms with E-state index in [-0.39, 0.29) is 27.2 Å². The van der Waals surface area contributed by atoms with Crippen LogP contribution in [-0.4, -0.2) is 11.1 Å². The van der Waals surface area contributed by atoms with Gasteiger partial charge in [0, 0.05) is 5.56 Å². The Balaban J connectivity index is 2.48. The first-order valence-electron chi connectivity index (χ1n) is 5.60.